The Hall–Kier alpha value is -1.22. The van der Waals surface area contributed by atoms with E-state index in [1.807, 2.05) is 0 Å². The topological polar surface area (TPSA) is 46.5 Å². The van der Waals surface area contributed by atoms with Crippen LogP contribution in [0.15, 0.2) is 18.2 Å². The largest absolute Gasteiger partial charge is 0.478 e. The summed E-state index contributed by atoms with van der Waals surface area (Å²) >= 11 is 5.79. The number of carboxylic acid groups (broad SMARTS) is 1. The number of halogens is 1. The first-order valence-electron chi connectivity index (χ1n) is 4.22. The SMILES string of the molecule is C[C@@]1(C(=O)O)Cc2cc(Cl)ccc2O1. The Balaban J connectivity index is 2.39. The fourth-order valence-corrected chi connectivity index (χ4v) is 1.74. The number of ether oxygens (including phenoxy) is 1. The van der Waals surface area contributed by atoms with E-state index in [9.17, 15) is 4.79 Å². The predicted octanol–water partition coefficient (Wildman–Crippen LogP) is 2.12. The van der Waals surface area contributed by atoms with Gasteiger partial charge in [-0.05, 0) is 25.1 Å². The first kappa shape index (κ1) is 9.34. The van der Waals surface area contributed by atoms with Gasteiger partial charge >= 0.3 is 5.97 Å². The number of aliphatic carboxylic acids is 1. The number of carbonyl (C=O) groups is 1. The molecule has 74 valence electrons. The monoisotopic (exact) mass is 212 g/mol. The molecule has 4 heteroatoms. The normalized spacial score (nSPS) is 24.1. The summed E-state index contributed by atoms with van der Waals surface area (Å²) in [7, 11) is 0. The van der Waals surface area contributed by atoms with Crippen LogP contribution in [-0.2, 0) is 11.2 Å². The van der Waals surface area contributed by atoms with Gasteiger partial charge in [0, 0.05) is 17.0 Å². The van der Waals surface area contributed by atoms with Crippen molar-refractivity contribution >= 4 is 17.6 Å². The lowest BCUT2D eigenvalue weighted by atomic mass is 10.00. The fraction of sp³-hybridized carbons (Fsp3) is 0.300. The molecule has 3 nitrogen and oxygen atoms in total. The van der Waals surface area contributed by atoms with Gasteiger partial charge in [-0.1, -0.05) is 11.6 Å². The van der Waals surface area contributed by atoms with Crippen molar-refractivity contribution in [2.45, 2.75) is 18.9 Å². The molecule has 1 aromatic rings. The van der Waals surface area contributed by atoms with Gasteiger partial charge in [-0.25, -0.2) is 4.79 Å². The van der Waals surface area contributed by atoms with Crippen LogP contribution in [0.4, 0.5) is 0 Å². The van der Waals surface area contributed by atoms with Gasteiger partial charge in [0.15, 0.2) is 0 Å². The van der Waals surface area contributed by atoms with Gasteiger partial charge in [-0.3, -0.25) is 0 Å². The Morgan fingerprint density at radius 3 is 3.00 bits per heavy atom. The third-order valence-corrected chi connectivity index (χ3v) is 2.57. The highest BCUT2D eigenvalue weighted by atomic mass is 35.5. The van der Waals surface area contributed by atoms with Crippen LogP contribution in [0, 0.1) is 0 Å². The van der Waals surface area contributed by atoms with E-state index in [2.05, 4.69) is 0 Å². The molecule has 1 aliphatic heterocycles. The van der Waals surface area contributed by atoms with E-state index in [1.165, 1.54) is 0 Å². The van der Waals surface area contributed by atoms with E-state index in [0.29, 0.717) is 17.2 Å². The highest BCUT2D eigenvalue weighted by Gasteiger charge is 2.41. The third kappa shape index (κ3) is 1.34. The quantitative estimate of drug-likeness (QED) is 0.776. The van der Waals surface area contributed by atoms with Gasteiger partial charge in [0.1, 0.15) is 5.75 Å². The number of carboxylic acids is 1. The lowest BCUT2D eigenvalue weighted by molar-refractivity contribution is -0.152. The van der Waals surface area contributed by atoms with Crippen LogP contribution in [0.25, 0.3) is 0 Å². The fourth-order valence-electron chi connectivity index (χ4n) is 1.55. The molecular formula is C10H9ClO3. The molecule has 1 aliphatic rings. The summed E-state index contributed by atoms with van der Waals surface area (Å²) in [4.78, 5) is 10.9. The summed E-state index contributed by atoms with van der Waals surface area (Å²) in [6.07, 6.45) is 0.359. The van der Waals surface area contributed by atoms with Gasteiger partial charge in [0.2, 0.25) is 5.60 Å². The first-order chi connectivity index (χ1) is 6.51. The Kier molecular flexibility index (Phi) is 1.93. The summed E-state index contributed by atoms with van der Waals surface area (Å²) in [6.45, 7) is 1.56. The van der Waals surface area contributed by atoms with E-state index >= 15 is 0 Å². The standard InChI is InChI=1S/C10H9ClO3/c1-10(9(12)13)5-6-4-7(11)2-3-8(6)14-10/h2-4H,5H2,1H3,(H,12,13)/t10-/m0/s1. The molecular weight excluding hydrogens is 204 g/mol. The molecule has 0 spiro atoms. The zero-order chi connectivity index (χ0) is 10.3. The van der Waals surface area contributed by atoms with Crippen LogP contribution in [0.2, 0.25) is 5.02 Å². The highest BCUT2D eigenvalue weighted by Crippen LogP contribution is 2.36. The van der Waals surface area contributed by atoms with Crippen molar-refractivity contribution < 1.29 is 14.6 Å². The maximum Gasteiger partial charge on any atom is 0.348 e. The summed E-state index contributed by atoms with van der Waals surface area (Å²) < 4.78 is 5.35. The van der Waals surface area contributed by atoms with Crippen LogP contribution in [0.3, 0.4) is 0 Å². The van der Waals surface area contributed by atoms with Gasteiger partial charge < -0.3 is 9.84 Å². The summed E-state index contributed by atoms with van der Waals surface area (Å²) in [6, 6.07) is 5.13. The van der Waals surface area contributed by atoms with Crippen molar-refractivity contribution in [1.29, 1.82) is 0 Å². The zero-order valence-electron chi connectivity index (χ0n) is 7.58. The maximum atomic E-state index is 10.9. The number of hydrogen-bond donors (Lipinski definition) is 1. The molecule has 0 aliphatic carbocycles. The molecule has 2 rings (SSSR count). The molecule has 1 aromatic carbocycles. The zero-order valence-corrected chi connectivity index (χ0v) is 8.34. The molecule has 0 amide bonds. The number of rotatable bonds is 1. The number of benzene rings is 1. The summed E-state index contributed by atoms with van der Waals surface area (Å²) in [5.74, 6) is -0.343. The second-order valence-corrected chi connectivity index (χ2v) is 4.00. The van der Waals surface area contributed by atoms with Crippen molar-refractivity contribution in [2.24, 2.45) is 0 Å². The van der Waals surface area contributed by atoms with E-state index < -0.39 is 11.6 Å². The van der Waals surface area contributed by atoms with Gasteiger partial charge in [-0.2, -0.15) is 0 Å². The molecule has 0 aromatic heterocycles. The lowest BCUT2D eigenvalue weighted by Crippen LogP contribution is -2.39. The van der Waals surface area contributed by atoms with E-state index in [4.69, 9.17) is 21.4 Å². The van der Waals surface area contributed by atoms with E-state index in [-0.39, 0.29) is 0 Å². The van der Waals surface area contributed by atoms with Gasteiger partial charge in [0.05, 0.1) is 0 Å². The molecule has 0 fully saturated rings. The summed E-state index contributed by atoms with van der Waals surface area (Å²) in [5.41, 5.74) is -0.296. The molecule has 0 saturated carbocycles. The molecule has 0 bridgehead atoms. The van der Waals surface area contributed by atoms with Crippen molar-refractivity contribution in [1.82, 2.24) is 0 Å². The van der Waals surface area contributed by atoms with Crippen LogP contribution in [-0.4, -0.2) is 16.7 Å². The van der Waals surface area contributed by atoms with Crippen molar-refractivity contribution in [3.8, 4) is 5.75 Å². The van der Waals surface area contributed by atoms with Crippen LogP contribution in [0.5, 0.6) is 5.75 Å². The smallest absolute Gasteiger partial charge is 0.348 e. The predicted molar refractivity (Wildman–Crippen MR) is 51.8 cm³/mol. The Morgan fingerprint density at radius 1 is 1.64 bits per heavy atom. The average molecular weight is 213 g/mol. The minimum Gasteiger partial charge on any atom is -0.478 e. The highest BCUT2D eigenvalue weighted by molar-refractivity contribution is 6.30. The van der Waals surface area contributed by atoms with Crippen molar-refractivity contribution in [3.05, 3.63) is 28.8 Å². The van der Waals surface area contributed by atoms with Crippen LogP contribution >= 0.6 is 11.6 Å². The van der Waals surface area contributed by atoms with Crippen LogP contribution < -0.4 is 4.74 Å². The van der Waals surface area contributed by atoms with Gasteiger partial charge in [0.25, 0.3) is 0 Å². The number of hydrogen-bond acceptors (Lipinski definition) is 2. The van der Waals surface area contributed by atoms with Gasteiger partial charge in [-0.15, -0.1) is 0 Å². The minimum atomic E-state index is -1.15. The number of fused-ring (bicyclic) bond motifs is 1. The Labute approximate surface area is 86.3 Å². The Morgan fingerprint density at radius 2 is 2.36 bits per heavy atom. The van der Waals surface area contributed by atoms with Crippen molar-refractivity contribution in [3.63, 3.8) is 0 Å². The maximum absolute atomic E-state index is 10.9. The van der Waals surface area contributed by atoms with E-state index in [0.717, 1.165) is 5.56 Å². The van der Waals surface area contributed by atoms with Crippen LogP contribution in [0.1, 0.15) is 12.5 Å². The molecule has 1 heterocycles. The molecule has 0 radical (unpaired) electrons. The second kappa shape index (κ2) is 2.89. The van der Waals surface area contributed by atoms with Crippen molar-refractivity contribution in [2.75, 3.05) is 0 Å². The lowest BCUT2D eigenvalue weighted by Gasteiger charge is -2.17. The summed E-state index contributed by atoms with van der Waals surface area (Å²) in [5, 5.41) is 9.56. The molecule has 0 unspecified atom stereocenters. The molecule has 0 saturated heterocycles. The first-order valence-corrected chi connectivity index (χ1v) is 4.60. The second-order valence-electron chi connectivity index (χ2n) is 3.57. The Bertz CT molecular complexity index is 402. The third-order valence-electron chi connectivity index (χ3n) is 2.34. The molecule has 14 heavy (non-hydrogen) atoms. The molecule has 1 atom stereocenters. The molecule has 1 N–H and O–H groups in total. The van der Waals surface area contributed by atoms with E-state index in [1.54, 1.807) is 25.1 Å². The average Bonchev–Trinajstić information content (AvgIpc) is 2.42. The minimum absolute atomic E-state index is 0.359.